The van der Waals surface area contributed by atoms with Gasteiger partial charge in [0.05, 0.1) is 7.11 Å². The molecular formula is C16H19N3O2. The van der Waals surface area contributed by atoms with Gasteiger partial charge in [-0.25, -0.2) is 0 Å². The van der Waals surface area contributed by atoms with Crippen molar-refractivity contribution in [3.8, 4) is 5.75 Å². The number of ether oxygens (including phenoxy) is 1. The third-order valence-corrected chi connectivity index (χ3v) is 3.12. The summed E-state index contributed by atoms with van der Waals surface area (Å²) in [5, 5.41) is 5.85. The van der Waals surface area contributed by atoms with E-state index in [2.05, 4.69) is 15.6 Å². The van der Waals surface area contributed by atoms with Gasteiger partial charge in [0.15, 0.2) is 0 Å². The number of carbonyl (C=O) groups is 1. The molecule has 110 valence electrons. The number of aromatic nitrogens is 1. The number of hydrogen-bond acceptors (Lipinski definition) is 4. The Morgan fingerprint density at radius 2 is 2.00 bits per heavy atom. The SMILES string of the molecule is CNC(=O)c1cc(NCCc2ccc(OC)cc2)ccn1. The van der Waals surface area contributed by atoms with Gasteiger partial charge in [-0.1, -0.05) is 12.1 Å². The zero-order chi connectivity index (χ0) is 15.1. The van der Waals surface area contributed by atoms with E-state index in [1.165, 1.54) is 5.56 Å². The van der Waals surface area contributed by atoms with Gasteiger partial charge in [0.1, 0.15) is 11.4 Å². The number of rotatable bonds is 6. The van der Waals surface area contributed by atoms with Crippen molar-refractivity contribution in [3.05, 3.63) is 53.9 Å². The van der Waals surface area contributed by atoms with Crippen molar-refractivity contribution in [2.24, 2.45) is 0 Å². The van der Waals surface area contributed by atoms with Gasteiger partial charge in [0.25, 0.3) is 5.91 Å². The summed E-state index contributed by atoms with van der Waals surface area (Å²) in [4.78, 5) is 15.5. The Labute approximate surface area is 124 Å². The Balaban J connectivity index is 1.89. The lowest BCUT2D eigenvalue weighted by atomic mass is 10.1. The van der Waals surface area contributed by atoms with Crippen LogP contribution < -0.4 is 15.4 Å². The molecule has 0 fully saturated rings. The van der Waals surface area contributed by atoms with E-state index in [-0.39, 0.29) is 5.91 Å². The Kier molecular flexibility index (Phi) is 5.15. The molecule has 2 aromatic rings. The Bertz CT molecular complexity index is 597. The zero-order valence-corrected chi connectivity index (χ0v) is 12.2. The average Bonchev–Trinajstić information content (AvgIpc) is 2.55. The van der Waals surface area contributed by atoms with Gasteiger partial charge < -0.3 is 15.4 Å². The van der Waals surface area contributed by atoms with Gasteiger partial charge in [-0.3, -0.25) is 9.78 Å². The largest absolute Gasteiger partial charge is 0.497 e. The Morgan fingerprint density at radius 3 is 2.67 bits per heavy atom. The molecule has 0 spiro atoms. The van der Waals surface area contributed by atoms with Gasteiger partial charge in [0.2, 0.25) is 0 Å². The number of benzene rings is 1. The van der Waals surface area contributed by atoms with Crippen LogP contribution in [0.15, 0.2) is 42.6 Å². The van der Waals surface area contributed by atoms with Crippen molar-refractivity contribution >= 4 is 11.6 Å². The quantitative estimate of drug-likeness (QED) is 0.853. The number of methoxy groups -OCH3 is 1. The van der Waals surface area contributed by atoms with Crippen molar-refractivity contribution in [1.29, 1.82) is 0 Å². The van der Waals surface area contributed by atoms with Crippen LogP contribution in [-0.4, -0.2) is 31.6 Å². The van der Waals surface area contributed by atoms with Crippen LogP contribution in [-0.2, 0) is 6.42 Å². The van der Waals surface area contributed by atoms with Gasteiger partial charge in [0, 0.05) is 25.5 Å². The maximum Gasteiger partial charge on any atom is 0.269 e. The monoisotopic (exact) mass is 285 g/mol. The van der Waals surface area contributed by atoms with E-state index >= 15 is 0 Å². The summed E-state index contributed by atoms with van der Waals surface area (Å²) in [7, 11) is 3.25. The molecule has 1 aromatic heterocycles. The summed E-state index contributed by atoms with van der Waals surface area (Å²) in [5.74, 6) is 0.671. The fourth-order valence-corrected chi connectivity index (χ4v) is 1.94. The van der Waals surface area contributed by atoms with E-state index in [0.29, 0.717) is 5.69 Å². The Hall–Kier alpha value is -2.56. The van der Waals surface area contributed by atoms with Crippen LogP contribution in [0.25, 0.3) is 0 Å². The highest BCUT2D eigenvalue weighted by Crippen LogP contribution is 2.12. The average molecular weight is 285 g/mol. The highest BCUT2D eigenvalue weighted by atomic mass is 16.5. The van der Waals surface area contributed by atoms with Gasteiger partial charge in [-0.2, -0.15) is 0 Å². The van der Waals surface area contributed by atoms with Gasteiger partial charge >= 0.3 is 0 Å². The van der Waals surface area contributed by atoms with E-state index in [1.807, 2.05) is 30.3 Å². The standard InChI is InChI=1S/C16H19N3O2/c1-17-16(20)15-11-13(8-10-19-15)18-9-7-12-3-5-14(21-2)6-4-12/h3-6,8,10-11H,7,9H2,1-2H3,(H,17,20)(H,18,19). The van der Waals surface area contributed by atoms with E-state index in [4.69, 9.17) is 4.74 Å². The summed E-state index contributed by atoms with van der Waals surface area (Å²) in [6.45, 7) is 0.781. The third kappa shape index (κ3) is 4.21. The number of pyridine rings is 1. The number of carbonyl (C=O) groups excluding carboxylic acids is 1. The Morgan fingerprint density at radius 1 is 1.24 bits per heavy atom. The summed E-state index contributed by atoms with van der Waals surface area (Å²) in [5.41, 5.74) is 2.52. The van der Waals surface area contributed by atoms with Crippen LogP contribution in [0.2, 0.25) is 0 Å². The molecule has 0 aliphatic carbocycles. The van der Waals surface area contributed by atoms with Crippen molar-refractivity contribution in [2.45, 2.75) is 6.42 Å². The molecule has 0 bridgehead atoms. The van der Waals surface area contributed by atoms with Crippen LogP contribution in [0.3, 0.4) is 0 Å². The number of anilines is 1. The highest BCUT2D eigenvalue weighted by molar-refractivity contribution is 5.92. The summed E-state index contributed by atoms with van der Waals surface area (Å²) < 4.78 is 5.13. The number of amides is 1. The highest BCUT2D eigenvalue weighted by Gasteiger charge is 2.04. The first-order chi connectivity index (χ1) is 10.2. The maximum absolute atomic E-state index is 11.5. The number of hydrogen-bond donors (Lipinski definition) is 2. The normalized spacial score (nSPS) is 10.0. The van der Waals surface area contributed by atoms with Gasteiger partial charge in [-0.15, -0.1) is 0 Å². The molecule has 1 aromatic carbocycles. The number of nitrogens with zero attached hydrogens (tertiary/aromatic N) is 1. The fourth-order valence-electron chi connectivity index (χ4n) is 1.94. The first-order valence-corrected chi connectivity index (χ1v) is 6.78. The molecule has 0 aliphatic rings. The molecule has 1 amide bonds. The van der Waals surface area contributed by atoms with Crippen molar-refractivity contribution < 1.29 is 9.53 Å². The second-order valence-corrected chi connectivity index (χ2v) is 4.53. The molecule has 5 heteroatoms. The molecule has 21 heavy (non-hydrogen) atoms. The van der Waals surface area contributed by atoms with Gasteiger partial charge in [-0.05, 0) is 36.2 Å². The van der Waals surface area contributed by atoms with E-state index in [1.54, 1.807) is 26.4 Å². The third-order valence-electron chi connectivity index (χ3n) is 3.12. The van der Waals surface area contributed by atoms with Crippen molar-refractivity contribution in [1.82, 2.24) is 10.3 Å². The first kappa shape index (κ1) is 14.8. The van der Waals surface area contributed by atoms with E-state index in [0.717, 1.165) is 24.4 Å². The molecule has 0 radical (unpaired) electrons. The number of nitrogens with one attached hydrogen (secondary N) is 2. The van der Waals surface area contributed by atoms with Crippen molar-refractivity contribution in [2.75, 3.05) is 26.0 Å². The van der Waals surface area contributed by atoms with E-state index < -0.39 is 0 Å². The molecule has 2 N–H and O–H groups in total. The molecule has 0 saturated carbocycles. The molecule has 2 rings (SSSR count). The topological polar surface area (TPSA) is 63.2 Å². The maximum atomic E-state index is 11.5. The predicted molar refractivity (Wildman–Crippen MR) is 82.8 cm³/mol. The van der Waals surface area contributed by atoms with Crippen molar-refractivity contribution in [3.63, 3.8) is 0 Å². The second-order valence-electron chi connectivity index (χ2n) is 4.53. The molecule has 0 saturated heterocycles. The molecule has 0 atom stereocenters. The minimum absolute atomic E-state index is 0.186. The minimum atomic E-state index is -0.186. The zero-order valence-electron chi connectivity index (χ0n) is 12.2. The molecule has 1 heterocycles. The summed E-state index contributed by atoms with van der Waals surface area (Å²) in [6.07, 6.45) is 2.52. The smallest absolute Gasteiger partial charge is 0.269 e. The second kappa shape index (κ2) is 7.28. The van der Waals surface area contributed by atoms with Crippen LogP contribution >= 0.6 is 0 Å². The van der Waals surface area contributed by atoms with Crippen LogP contribution in [0.1, 0.15) is 16.1 Å². The molecule has 0 unspecified atom stereocenters. The lowest BCUT2D eigenvalue weighted by Gasteiger charge is -2.08. The molecule has 0 aliphatic heterocycles. The fraction of sp³-hybridized carbons (Fsp3) is 0.250. The lowest BCUT2D eigenvalue weighted by Crippen LogP contribution is -2.19. The first-order valence-electron chi connectivity index (χ1n) is 6.78. The molecule has 5 nitrogen and oxygen atoms in total. The molecular weight excluding hydrogens is 266 g/mol. The van der Waals surface area contributed by atoms with Crippen LogP contribution in [0.4, 0.5) is 5.69 Å². The summed E-state index contributed by atoms with van der Waals surface area (Å²) in [6, 6.07) is 11.6. The predicted octanol–water partition coefficient (Wildman–Crippen LogP) is 2.10. The van der Waals surface area contributed by atoms with Crippen LogP contribution in [0.5, 0.6) is 5.75 Å². The minimum Gasteiger partial charge on any atom is -0.497 e. The van der Waals surface area contributed by atoms with E-state index in [9.17, 15) is 4.79 Å². The summed E-state index contributed by atoms with van der Waals surface area (Å²) >= 11 is 0. The lowest BCUT2D eigenvalue weighted by molar-refractivity contribution is 0.0958. The van der Waals surface area contributed by atoms with Crippen LogP contribution in [0, 0.1) is 0 Å².